The van der Waals surface area contributed by atoms with Gasteiger partial charge in [0.2, 0.25) is 0 Å². The number of ether oxygens (including phenoxy) is 1. The number of benzene rings is 1. The molecule has 0 aromatic heterocycles. The first kappa shape index (κ1) is 14.3. The molecule has 0 radical (unpaired) electrons. The minimum atomic E-state index is -1.19. The normalized spacial score (nSPS) is 21.9. The average Bonchev–Trinajstić information content (AvgIpc) is 2.80. The Kier molecular flexibility index (Phi) is 3.89. The molecule has 0 spiro atoms. The number of rotatable bonds is 3. The van der Waals surface area contributed by atoms with Crippen LogP contribution in [0.3, 0.4) is 0 Å². The number of hydrogen-bond acceptors (Lipinski definition) is 4. The molecule has 1 aromatic carbocycles. The van der Waals surface area contributed by atoms with E-state index in [1.807, 2.05) is 0 Å². The molecule has 1 fully saturated rings. The third kappa shape index (κ3) is 2.57. The van der Waals surface area contributed by atoms with E-state index >= 15 is 0 Å². The SMILES string of the molecule is COc1ccc(C(=O)N2C[C@H](O)C[C@@H]2C(=O)O)cc1F. The van der Waals surface area contributed by atoms with E-state index in [9.17, 15) is 19.1 Å². The molecule has 2 atom stereocenters. The number of carboxylic acid groups (broad SMARTS) is 1. The van der Waals surface area contributed by atoms with Crippen molar-refractivity contribution in [3.8, 4) is 5.75 Å². The van der Waals surface area contributed by atoms with Crippen LogP contribution in [0.15, 0.2) is 18.2 Å². The molecular formula is C13H14FNO5. The van der Waals surface area contributed by atoms with E-state index in [0.29, 0.717) is 0 Å². The van der Waals surface area contributed by atoms with Crippen LogP contribution in [0.25, 0.3) is 0 Å². The van der Waals surface area contributed by atoms with E-state index in [1.165, 1.54) is 19.2 Å². The number of nitrogens with zero attached hydrogens (tertiary/aromatic N) is 1. The molecule has 20 heavy (non-hydrogen) atoms. The number of carbonyl (C=O) groups excluding carboxylic acids is 1. The number of aliphatic hydroxyl groups excluding tert-OH is 1. The first-order valence-electron chi connectivity index (χ1n) is 5.99. The number of methoxy groups -OCH3 is 1. The maximum absolute atomic E-state index is 13.6. The quantitative estimate of drug-likeness (QED) is 0.843. The molecular weight excluding hydrogens is 269 g/mol. The topological polar surface area (TPSA) is 87.1 Å². The highest BCUT2D eigenvalue weighted by Gasteiger charge is 2.39. The summed E-state index contributed by atoms with van der Waals surface area (Å²) in [4.78, 5) is 24.3. The van der Waals surface area contributed by atoms with Gasteiger partial charge in [-0.1, -0.05) is 0 Å². The summed E-state index contributed by atoms with van der Waals surface area (Å²) in [6.45, 7) is -0.0799. The number of amides is 1. The van der Waals surface area contributed by atoms with Crippen LogP contribution in [0.1, 0.15) is 16.8 Å². The zero-order valence-electron chi connectivity index (χ0n) is 10.7. The van der Waals surface area contributed by atoms with E-state index in [4.69, 9.17) is 9.84 Å². The maximum Gasteiger partial charge on any atom is 0.326 e. The monoisotopic (exact) mass is 283 g/mol. The molecule has 0 aliphatic carbocycles. The van der Waals surface area contributed by atoms with E-state index in [-0.39, 0.29) is 24.3 Å². The Morgan fingerprint density at radius 3 is 2.70 bits per heavy atom. The summed E-state index contributed by atoms with van der Waals surface area (Å²) in [5.41, 5.74) is 0.0173. The van der Waals surface area contributed by atoms with Crippen molar-refractivity contribution in [2.45, 2.75) is 18.6 Å². The van der Waals surface area contributed by atoms with Gasteiger partial charge in [-0.25, -0.2) is 9.18 Å². The number of aliphatic carboxylic acids is 1. The minimum Gasteiger partial charge on any atom is -0.494 e. The Hall–Kier alpha value is -2.15. The lowest BCUT2D eigenvalue weighted by atomic mass is 10.1. The molecule has 108 valence electrons. The second-order valence-corrected chi connectivity index (χ2v) is 4.55. The molecule has 0 saturated carbocycles. The van der Waals surface area contributed by atoms with E-state index < -0.39 is 29.8 Å². The van der Waals surface area contributed by atoms with E-state index in [1.54, 1.807) is 0 Å². The lowest BCUT2D eigenvalue weighted by Gasteiger charge is -2.21. The highest BCUT2D eigenvalue weighted by molar-refractivity contribution is 5.97. The van der Waals surface area contributed by atoms with Gasteiger partial charge in [-0.15, -0.1) is 0 Å². The van der Waals surface area contributed by atoms with Gasteiger partial charge in [0, 0.05) is 18.5 Å². The Morgan fingerprint density at radius 2 is 2.15 bits per heavy atom. The first-order valence-corrected chi connectivity index (χ1v) is 5.99. The summed E-state index contributed by atoms with van der Waals surface area (Å²) in [6, 6.07) is 2.55. The molecule has 0 bridgehead atoms. The number of hydrogen-bond donors (Lipinski definition) is 2. The summed E-state index contributed by atoms with van der Waals surface area (Å²) in [7, 11) is 1.30. The fraction of sp³-hybridized carbons (Fsp3) is 0.385. The third-order valence-corrected chi connectivity index (χ3v) is 3.22. The molecule has 1 aromatic rings. The molecule has 1 saturated heterocycles. The van der Waals surface area contributed by atoms with Crippen molar-refractivity contribution in [3.05, 3.63) is 29.6 Å². The van der Waals surface area contributed by atoms with Crippen LogP contribution in [0.4, 0.5) is 4.39 Å². The molecule has 2 rings (SSSR count). The highest BCUT2D eigenvalue weighted by atomic mass is 19.1. The Morgan fingerprint density at radius 1 is 1.45 bits per heavy atom. The van der Waals surface area contributed by atoms with Crippen LogP contribution in [0, 0.1) is 5.82 Å². The standard InChI is InChI=1S/C13H14FNO5/c1-20-11-3-2-7(4-9(11)14)12(17)15-6-8(16)5-10(15)13(18)19/h2-4,8,10,16H,5-6H2,1H3,(H,18,19)/t8-,10-/m1/s1. The van der Waals surface area contributed by atoms with Crippen LogP contribution in [-0.4, -0.2) is 52.8 Å². The molecule has 7 heteroatoms. The Bertz CT molecular complexity index is 548. The summed E-state index contributed by atoms with van der Waals surface area (Å²) in [5.74, 6) is -2.53. The minimum absolute atomic E-state index is 0.00205. The zero-order valence-corrected chi connectivity index (χ0v) is 10.7. The molecule has 6 nitrogen and oxygen atoms in total. The molecule has 1 heterocycles. The highest BCUT2D eigenvalue weighted by Crippen LogP contribution is 2.23. The third-order valence-electron chi connectivity index (χ3n) is 3.22. The zero-order chi connectivity index (χ0) is 14.9. The van der Waals surface area contributed by atoms with Crippen molar-refractivity contribution in [1.29, 1.82) is 0 Å². The number of aliphatic hydroxyl groups is 1. The van der Waals surface area contributed by atoms with Gasteiger partial charge in [0.05, 0.1) is 13.2 Å². The van der Waals surface area contributed by atoms with Crippen LogP contribution in [-0.2, 0) is 4.79 Å². The number of carboxylic acids is 1. The molecule has 2 N–H and O–H groups in total. The molecule has 0 unspecified atom stereocenters. The first-order chi connectivity index (χ1) is 9.43. The summed E-state index contributed by atoms with van der Waals surface area (Å²) >= 11 is 0. The number of halogens is 1. The van der Waals surface area contributed by atoms with Crippen LogP contribution >= 0.6 is 0 Å². The average molecular weight is 283 g/mol. The fourth-order valence-corrected chi connectivity index (χ4v) is 2.24. The van der Waals surface area contributed by atoms with Crippen LogP contribution in [0.2, 0.25) is 0 Å². The summed E-state index contributed by atoms with van der Waals surface area (Å²) in [5, 5.41) is 18.5. The lowest BCUT2D eigenvalue weighted by Crippen LogP contribution is -2.40. The Balaban J connectivity index is 2.26. The van der Waals surface area contributed by atoms with Gasteiger partial charge in [0.1, 0.15) is 6.04 Å². The van der Waals surface area contributed by atoms with E-state index in [2.05, 4.69) is 0 Å². The predicted molar refractivity (Wildman–Crippen MR) is 66.0 cm³/mol. The van der Waals surface area contributed by atoms with Gasteiger partial charge in [0.15, 0.2) is 11.6 Å². The van der Waals surface area contributed by atoms with Crippen molar-refractivity contribution < 1.29 is 28.9 Å². The summed E-state index contributed by atoms with van der Waals surface area (Å²) in [6.07, 6.45) is -0.914. The van der Waals surface area contributed by atoms with Crippen molar-refractivity contribution in [2.75, 3.05) is 13.7 Å². The van der Waals surface area contributed by atoms with Crippen molar-refractivity contribution in [1.82, 2.24) is 4.90 Å². The van der Waals surface area contributed by atoms with Crippen molar-refractivity contribution in [2.24, 2.45) is 0 Å². The molecule has 1 amide bonds. The van der Waals surface area contributed by atoms with Gasteiger partial charge in [-0.3, -0.25) is 4.79 Å². The number of β-amino-alcohol motifs (C(OH)–C–C–N with tert-alkyl or cyclic N) is 1. The number of likely N-dealkylation sites (tertiary alicyclic amines) is 1. The van der Waals surface area contributed by atoms with E-state index in [0.717, 1.165) is 11.0 Å². The molecule has 1 aliphatic rings. The smallest absolute Gasteiger partial charge is 0.326 e. The predicted octanol–water partition coefficient (Wildman–Crippen LogP) is 0.494. The molecule has 1 aliphatic heterocycles. The van der Waals surface area contributed by atoms with Crippen LogP contribution in [0.5, 0.6) is 5.75 Å². The van der Waals surface area contributed by atoms with Gasteiger partial charge in [-0.05, 0) is 18.2 Å². The lowest BCUT2D eigenvalue weighted by molar-refractivity contribution is -0.141. The number of carbonyl (C=O) groups is 2. The largest absolute Gasteiger partial charge is 0.494 e. The van der Waals surface area contributed by atoms with Crippen molar-refractivity contribution >= 4 is 11.9 Å². The second-order valence-electron chi connectivity index (χ2n) is 4.55. The van der Waals surface area contributed by atoms with Gasteiger partial charge in [0.25, 0.3) is 5.91 Å². The van der Waals surface area contributed by atoms with Crippen LogP contribution < -0.4 is 4.74 Å². The Labute approximate surface area is 114 Å². The maximum atomic E-state index is 13.6. The van der Waals surface area contributed by atoms with Crippen molar-refractivity contribution in [3.63, 3.8) is 0 Å². The fourth-order valence-electron chi connectivity index (χ4n) is 2.24. The van der Waals surface area contributed by atoms with Gasteiger partial charge < -0.3 is 19.8 Å². The van der Waals surface area contributed by atoms with Gasteiger partial charge >= 0.3 is 5.97 Å². The van der Waals surface area contributed by atoms with Gasteiger partial charge in [-0.2, -0.15) is 0 Å². The second kappa shape index (κ2) is 5.46. The summed E-state index contributed by atoms with van der Waals surface area (Å²) < 4.78 is 18.3.